The molecular weight excluding hydrogens is 504 g/mol. The minimum Gasteiger partial charge on any atom is -0.494 e. The van der Waals surface area contributed by atoms with Gasteiger partial charge in [0.15, 0.2) is 11.5 Å². The van der Waals surface area contributed by atoms with Gasteiger partial charge in [-0.2, -0.15) is 0 Å². The molecule has 2 aromatic rings. The number of carbonyl (C=O) groups excluding carboxylic acids is 2. The van der Waals surface area contributed by atoms with Crippen molar-refractivity contribution >= 4 is 75.4 Å². The Morgan fingerprint density at radius 3 is 2.29 bits per heavy atom. The molecule has 1 saturated carbocycles. The SMILES string of the molecule is CCCCC(=O)c1cc(NC(=O)C2C(c3cc(Cl)c(OC)c(Cl)c3)C2(Cl)Cl)ccc1Cl. The van der Waals surface area contributed by atoms with Crippen LogP contribution >= 0.6 is 58.0 Å². The van der Waals surface area contributed by atoms with Crippen molar-refractivity contribution in [2.24, 2.45) is 5.92 Å². The molecule has 3 rings (SSSR count). The van der Waals surface area contributed by atoms with E-state index in [0.29, 0.717) is 44.1 Å². The Kier molecular flexibility index (Phi) is 7.71. The molecule has 1 amide bonds. The van der Waals surface area contributed by atoms with Gasteiger partial charge in [0.2, 0.25) is 5.91 Å². The second kappa shape index (κ2) is 9.76. The summed E-state index contributed by atoms with van der Waals surface area (Å²) in [5, 5.41) is 3.72. The molecule has 9 heteroatoms. The number of carbonyl (C=O) groups is 2. The van der Waals surface area contributed by atoms with E-state index >= 15 is 0 Å². The minimum absolute atomic E-state index is 0.0706. The summed E-state index contributed by atoms with van der Waals surface area (Å²) in [7, 11) is 1.46. The quantitative estimate of drug-likeness (QED) is 0.287. The summed E-state index contributed by atoms with van der Waals surface area (Å²) < 4.78 is 3.83. The molecule has 166 valence electrons. The first-order valence-electron chi connectivity index (χ1n) is 9.66. The van der Waals surface area contributed by atoms with Gasteiger partial charge in [0.25, 0.3) is 0 Å². The Balaban J connectivity index is 1.79. The summed E-state index contributed by atoms with van der Waals surface area (Å²) in [5.41, 5.74) is 1.44. The number of amides is 1. The number of rotatable bonds is 8. The second-order valence-electron chi connectivity index (χ2n) is 7.36. The monoisotopic (exact) mass is 521 g/mol. The Bertz CT molecular complexity index is 1000. The van der Waals surface area contributed by atoms with E-state index in [1.165, 1.54) is 7.11 Å². The third-order valence-electron chi connectivity index (χ3n) is 5.21. The Morgan fingerprint density at radius 2 is 1.71 bits per heavy atom. The van der Waals surface area contributed by atoms with Crippen molar-refractivity contribution < 1.29 is 14.3 Å². The highest BCUT2D eigenvalue weighted by Crippen LogP contribution is 2.65. The minimum atomic E-state index is -1.32. The van der Waals surface area contributed by atoms with Crippen LogP contribution in [-0.2, 0) is 4.79 Å². The Morgan fingerprint density at radius 1 is 1.06 bits per heavy atom. The van der Waals surface area contributed by atoms with Crippen LogP contribution in [-0.4, -0.2) is 23.1 Å². The maximum Gasteiger partial charge on any atom is 0.231 e. The molecule has 0 radical (unpaired) electrons. The van der Waals surface area contributed by atoms with Crippen LogP contribution in [0.5, 0.6) is 5.75 Å². The topological polar surface area (TPSA) is 55.4 Å². The summed E-state index contributed by atoms with van der Waals surface area (Å²) in [6, 6.07) is 8.05. The van der Waals surface area contributed by atoms with Crippen molar-refractivity contribution in [3.05, 3.63) is 56.5 Å². The largest absolute Gasteiger partial charge is 0.494 e. The zero-order valence-electron chi connectivity index (χ0n) is 16.8. The number of halogens is 5. The van der Waals surface area contributed by atoms with Crippen LogP contribution in [0.3, 0.4) is 0 Å². The molecule has 0 saturated heterocycles. The molecule has 0 spiro atoms. The van der Waals surface area contributed by atoms with Gasteiger partial charge in [-0.15, -0.1) is 23.2 Å². The van der Waals surface area contributed by atoms with Gasteiger partial charge in [-0.25, -0.2) is 0 Å². The molecule has 1 aliphatic rings. The third-order valence-corrected chi connectivity index (χ3v) is 7.04. The van der Waals surface area contributed by atoms with Crippen LogP contribution in [0.1, 0.15) is 48.0 Å². The lowest BCUT2D eigenvalue weighted by atomic mass is 10.0. The molecule has 1 N–H and O–H groups in total. The van der Waals surface area contributed by atoms with Crippen molar-refractivity contribution in [1.29, 1.82) is 0 Å². The van der Waals surface area contributed by atoms with E-state index in [4.69, 9.17) is 62.7 Å². The molecule has 1 aliphatic carbocycles. The summed E-state index contributed by atoms with van der Waals surface area (Å²) in [6.45, 7) is 2.01. The summed E-state index contributed by atoms with van der Waals surface area (Å²) >= 11 is 31.4. The fourth-order valence-electron chi connectivity index (χ4n) is 3.53. The highest BCUT2D eigenvalue weighted by atomic mass is 35.5. The third kappa shape index (κ3) is 5.09. The number of anilines is 1. The molecule has 0 heterocycles. The fraction of sp³-hybridized carbons (Fsp3) is 0.364. The van der Waals surface area contributed by atoms with Crippen molar-refractivity contribution in [2.45, 2.75) is 36.4 Å². The number of benzene rings is 2. The van der Waals surface area contributed by atoms with Crippen LogP contribution in [0.15, 0.2) is 30.3 Å². The first-order valence-corrected chi connectivity index (χ1v) is 11.5. The summed E-state index contributed by atoms with van der Waals surface area (Å²) in [5.74, 6) is -1.35. The van der Waals surface area contributed by atoms with E-state index < -0.39 is 16.2 Å². The van der Waals surface area contributed by atoms with E-state index in [1.807, 2.05) is 6.92 Å². The lowest BCUT2D eigenvalue weighted by Crippen LogP contribution is -2.17. The van der Waals surface area contributed by atoms with E-state index in [1.54, 1.807) is 30.3 Å². The number of methoxy groups -OCH3 is 1. The van der Waals surface area contributed by atoms with Gasteiger partial charge in [0.1, 0.15) is 4.33 Å². The zero-order chi connectivity index (χ0) is 22.9. The maximum absolute atomic E-state index is 12.9. The zero-order valence-corrected chi connectivity index (χ0v) is 20.6. The number of nitrogens with one attached hydrogen (secondary N) is 1. The molecule has 2 aromatic carbocycles. The normalized spacial score (nSPS) is 19.1. The molecule has 2 unspecified atom stereocenters. The van der Waals surface area contributed by atoms with Gasteiger partial charge >= 0.3 is 0 Å². The van der Waals surface area contributed by atoms with E-state index in [9.17, 15) is 9.59 Å². The average molecular weight is 524 g/mol. The number of hydrogen-bond donors (Lipinski definition) is 1. The highest BCUT2D eigenvalue weighted by Gasteiger charge is 2.67. The lowest BCUT2D eigenvalue weighted by Gasteiger charge is -2.10. The standard InChI is InChI=1S/C22H20Cl5NO3/c1-3-4-5-17(29)13-10-12(6-7-14(13)23)28-21(30)19-18(22(19,26)27)11-8-15(24)20(31-2)16(25)9-11/h6-10,18-19H,3-5H2,1-2H3,(H,28,30). The number of hydrogen-bond acceptors (Lipinski definition) is 3. The van der Waals surface area contributed by atoms with Crippen LogP contribution in [0.4, 0.5) is 5.69 Å². The summed E-state index contributed by atoms with van der Waals surface area (Å²) in [4.78, 5) is 25.3. The second-order valence-corrected chi connectivity index (χ2v) is 10.0. The van der Waals surface area contributed by atoms with Crippen molar-refractivity contribution in [3.63, 3.8) is 0 Å². The van der Waals surface area contributed by atoms with Gasteiger partial charge in [0, 0.05) is 23.6 Å². The lowest BCUT2D eigenvalue weighted by molar-refractivity contribution is -0.117. The smallest absolute Gasteiger partial charge is 0.231 e. The first-order chi connectivity index (χ1) is 14.6. The van der Waals surface area contributed by atoms with Crippen LogP contribution in [0.25, 0.3) is 0 Å². The van der Waals surface area contributed by atoms with E-state index in [2.05, 4.69) is 5.32 Å². The molecule has 0 aromatic heterocycles. The number of Topliss-reactive ketones (excluding diaryl/α,β-unsaturated/α-hetero) is 1. The molecule has 4 nitrogen and oxygen atoms in total. The molecule has 31 heavy (non-hydrogen) atoms. The number of ketones is 1. The Hall–Kier alpha value is -1.17. The number of unbranched alkanes of at least 4 members (excludes halogenated alkanes) is 1. The highest BCUT2D eigenvalue weighted by molar-refractivity contribution is 6.53. The molecule has 2 atom stereocenters. The summed E-state index contributed by atoms with van der Waals surface area (Å²) in [6.07, 6.45) is 2.06. The van der Waals surface area contributed by atoms with Crippen LogP contribution in [0, 0.1) is 5.92 Å². The van der Waals surface area contributed by atoms with Gasteiger partial charge in [0.05, 0.1) is 28.1 Å². The molecule has 0 bridgehead atoms. The Labute approximate surface area is 206 Å². The van der Waals surface area contributed by atoms with Gasteiger partial charge in [-0.1, -0.05) is 48.1 Å². The van der Waals surface area contributed by atoms with Gasteiger partial charge in [-0.05, 0) is 42.3 Å². The van der Waals surface area contributed by atoms with Crippen molar-refractivity contribution in [2.75, 3.05) is 12.4 Å². The number of alkyl halides is 2. The molecule has 1 fully saturated rings. The maximum atomic E-state index is 12.9. The van der Waals surface area contributed by atoms with Crippen molar-refractivity contribution in [1.82, 2.24) is 0 Å². The van der Waals surface area contributed by atoms with Crippen LogP contribution in [0.2, 0.25) is 15.1 Å². The van der Waals surface area contributed by atoms with Gasteiger partial charge in [-0.3, -0.25) is 9.59 Å². The van der Waals surface area contributed by atoms with E-state index in [0.717, 1.165) is 12.8 Å². The predicted molar refractivity (Wildman–Crippen MR) is 128 cm³/mol. The molecule has 0 aliphatic heterocycles. The predicted octanol–water partition coefficient (Wildman–Crippen LogP) is 7.55. The first kappa shape index (κ1) is 24.5. The van der Waals surface area contributed by atoms with E-state index in [-0.39, 0.29) is 11.7 Å². The van der Waals surface area contributed by atoms with Gasteiger partial charge < -0.3 is 10.1 Å². The van der Waals surface area contributed by atoms with Crippen molar-refractivity contribution in [3.8, 4) is 5.75 Å². The number of ether oxygens (including phenoxy) is 1. The van der Waals surface area contributed by atoms with Crippen LogP contribution < -0.4 is 10.1 Å². The fourth-order valence-corrected chi connectivity index (χ4v) is 5.24. The average Bonchev–Trinajstić information content (AvgIpc) is 3.29. The molecular formula is C22H20Cl5NO3.